The molecular weight excluding hydrogens is 210 g/mol. The number of piperidine rings is 2. The van der Waals surface area contributed by atoms with Crippen molar-refractivity contribution in [1.82, 2.24) is 4.90 Å². The van der Waals surface area contributed by atoms with Crippen LogP contribution >= 0.6 is 0 Å². The molecule has 0 radical (unpaired) electrons. The Bertz CT molecular complexity index is 306. The summed E-state index contributed by atoms with van der Waals surface area (Å²) >= 11 is 0. The SMILES string of the molecule is CCOC(=O)N1C2CC(O)C3OC2CCC31. The van der Waals surface area contributed by atoms with E-state index >= 15 is 0 Å². The quantitative estimate of drug-likeness (QED) is 0.709. The van der Waals surface area contributed by atoms with Crippen LogP contribution in [-0.4, -0.2) is 53.1 Å². The Morgan fingerprint density at radius 1 is 1.50 bits per heavy atom. The largest absolute Gasteiger partial charge is 0.450 e. The molecule has 90 valence electrons. The third-order valence-electron chi connectivity index (χ3n) is 3.94. The van der Waals surface area contributed by atoms with Gasteiger partial charge in [0.2, 0.25) is 0 Å². The van der Waals surface area contributed by atoms with Crippen molar-refractivity contribution in [2.45, 2.75) is 56.6 Å². The molecule has 5 atom stereocenters. The van der Waals surface area contributed by atoms with Gasteiger partial charge in [0.1, 0.15) is 6.10 Å². The van der Waals surface area contributed by atoms with Crippen molar-refractivity contribution in [2.24, 2.45) is 0 Å². The third kappa shape index (κ3) is 1.28. The number of ether oxygens (including phenoxy) is 2. The molecule has 5 unspecified atom stereocenters. The molecule has 5 nitrogen and oxygen atoms in total. The minimum absolute atomic E-state index is 0.0119. The summed E-state index contributed by atoms with van der Waals surface area (Å²) < 4.78 is 10.8. The number of amides is 1. The number of rotatable bonds is 1. The molecule has 0 aliphatic carbocycles. The summed E-state index contributed by atoms with van der Waals surface area (Å²) in [5.41, 5.74) is 0. The van der Waals surface area contributed by atoms with E-state index in [1.807, 2.05) is 6.92 Å². The Hall–Kier alpha value is -0.810. The predicted molar refractivity (Wildman–Crippen MR) is 55.0 cm³/mol. The second-order valence-electron chi connectivity index (χ2n) is 4.76. The summed E-state index contributed by atoms with van der Waals surface area (Å²) in [6.07, 6.45) is 1.77. The van der Waals surface area contributed by atoms with E-state index in [9.17, 15) is 9.90 Å². The van der Waals surface area contributed by atoms with Crippen LogP contribution in [0.4, 0.5) is 4.79 Å². The maximum absolute atomic E-state index is 11.9. The highest BCUT2D eigenvalue weighted by atomic mass is 16.6. The molecule has 16 heavy (non-hydrogen) atoms. The van der Waals surface area contributed by atoms with Crippen LogP contribution in [0.15, 0.2) is 0 Å². The first-order valence-corrected chi connectivity index (χ1v) is 6.01. The summed E-state index contributed by atoms with van der Waals surface area (Å²) in [7, 11) is 0. The standard InChI is InChI=1S/C11H17NO4/c1-2-15-11(14)12-6-3-4-9-7(12)5-8(13)10(6)16-9/h6-10,13H,2-5H2,1H3. The van der Waals surface area contributed by atoms with Gasteiger partial charge in [-0.2, -0.15) is 0 Å². The average molecular weight is 227 g/mol. The van der Waals surface area contributed by atoms with Crippen molar-refractivity contribution < 1.29 is 19.4 Å². The van der Waals surface area contributed by atoms with E-state index in [2.05, 4.69) is 0 Å². The summed E-state index contributed by atoms with van der Waals surface area (Å²) in [5.74, 6) is 0. The van der Waals surface area contributed by atoms with Gasteiger partial charge in [-0.25, -0.2) is 4.79 Å². The van der Waals surface area contributed by atoms with Crippen LogP contribution in [-0.2, 0) is 9.47 Å². The first-order valence-electron chi connectivity index (χ1n) is 6.01. The Morgan fingerprint density at radius 3 is 3.00 bits per heavy atom. The molecule has 5 fully saturated rings. The summed E-state index contributed by atoms with van der Waals surface area (Å²) in [6.45, 7) is 2.21. The molecule has 0 aromatic rings. The van der Waals surface area contributed by atoms with Crippen LogP contribution in [0.25, 0.3) is 0 Å². The fourth-order valence-electron chi connectivity index (χ4n) is 3.33. The van der Waals surface area contributed by atoms with E-state index in [-0.39, 0.29) is 30.4 Å². The Kier molecular flexibility index (Phi) is 2.33. The van der Waals surface area contributed by atoms with Gasteiger partial charge < -0.3 is 14.6 Å². The van der Waals surface area contributed by atoms with Gasteiger partial charge in [-0.15, -0.1) is 0 Å². The van der Waals surface area contributed by atoms with E-state index in [0.717, 1.165) is 12.8 Å². The Balaban J connectivity index is 1.84. The highest BCUT2D eigenvalue weighted by Crippen LogP contribution is 2.44. The van der Waals surface area contributed by atoms with Crippen molar-refractivity contribution in [2.75, 3.05) is 6.61 Å². The van der Waals surface area contributed by atoms with Crippen molar-refractivity contribution in [3.8, 4) is 0 Å². The number of nitrogens with zero attached hydrogens (tertiary/aromatic N) is 1. The molecule has 5 heteroatoms. The van der Waals surface area contributed by atoms with Crippen molar-refractivity contribution in [3.05, 3.63) is 0 Å². The first kappa shape index (κ1) is 10.4. The highest BCUT2D eigenvalue weighted by Gasteiger charge is 2.57. The molecule has 5 aliphatic heterocycles. The summed E-state index contributed by atoms with van der Waals surface area (Å²) in [4.78, 5) is 13.7. The fourth-order valence-corrected chi connectivity index (χ4v) is 3.33. The fraction of sp³-hybridized carbons (Fsp3) is 0.909. The van der Waals surface area contributed by atoms with E-state index in [0.29, 0.717) is 13.0 Å². The normalized spacial score (nSPS) is 44.9. The van der Waals surface area contributed by atoms with Gasteiger partial charge in [0.15, 0.2) is 0 Å². The molecule has 4 bridgehead atoms. The van der Waals surface area contributed by atoms with Crippen LogP contribution < -0.4 is 0 Å². The molecule has 5 heterocycles. The number of fused-ring (bicyclic) bond motifs is 2. The molecular formula is C11H17NO4. The van der Waals surface area contributed by atoms with Gasteiger partial charge in [0.05, 0.1) is 30.9 Å². The number of morpholine rings is 1. The molecule has 5 saturated heterocycles. The smallest absolute Gasteiger partial charge is 0.410 e. The number of carbonyl (C=O) groups is 1. The molecule has 0 aromatic heterocycles. The number of aliphatic hydroxyl groups excluding tert-OH is 1. The maximum Gasteiger partial charge on any atom is 0.410 e. The summed E-state index contributed by atoms with van der Waals surface area (Å²) in [6, 6.07) is 0.0237. The molecule has 1 N–H and O–H groups in total. The second-order valence-corrected chi connectivity index (χ2v) is 4.76. The lowest BCUT2D eigenvalue weighted by Gasteiger charge is -2.59. The van der Waals surface area contributed by atoms with Crippen molar-refractivity contribution in [3.63, 3.8) is 0 Å². The lowest BCUT2D eigenvalue weighted by molar-refractivity contribution is -0.249. The van der Waals surface area contributed by atoms with Gasteiger partial charge in [-0.3, -0.25) is 4.90 Å². The van der Waals surface area contributed by atoms with Gasteiger partial charge in [0.25, 0.3) is 0 Å². The number of aliphatic hydroxyl groups is 1. The third-order valence-corrected chi connectivity index (χ3v) is 3.94. The molecule has 0 saturated carbocycles. The van der Waals surface area contributed by atoms with Crippen LogP contribution in [0, 0.1) is 0 Å². The topological polar surface area (TPSA) is 59.0 Å². The lowest BCUT2D eigenvalue weighted by Crippen LogP contribution is -2.73. The molecule has 5 aliphatic rings. The molecule has 5 rings (SSSR count). The summed E-state index contributed by atoms with van der Waals surface area (Å²) in [5, 5.41) is 9.85. The minimum Gasteiger partial charge on any atom is -0.450 e. The number of carbonyl (C=O) groups excluding carboxylic acids is 1. The molecule has 0 aromatic carbocycles. The lowest BCUT2D eigenvalue weighted by atomic mass is 9.76. The van der Waals surface area contributed by atoms with Crippen molar-refractivity contribution in [1.29, 1.82) is 0 Å². The van der Waals surface area contributed by atoms with Crippen molar-refractivity contribution >= 4 is 6.09 Å². The Labute approximate surface area is 94.3 Å². The van der Waals surface area contributed by atoms with Gasteiger partial charge in [0, 0.05) is 0 Å². The van der Waals surface area contributed by atoms with Crippen LogP contribution in [0.5, 0.6) is 0 Å². The minimum atomic E-state index is -0.419. The Morgan fingerprint density at radius 2 is 2.31 bits per heavy atom. The average Bonchev–Trinajstić information content (AvgIpc) is 2.29. The molecule has 1 amide bonds. The zero-order valence-corrected chi connectivity index (χ0v) is 9.33. The van der Waals surface area contributed by atoms with Gasteiger partial charge in [-0.1, -0.05) is 0 Å². The first-order chi connectivity index (χ1) is 7.72. The van der Waals surface area contributed by atoms with Gasteiger partial charge in [-0.05, 0) is 26.2 Å². The molecule has 0 spiro atoms. The zero-order chi connectivity index (χ0) is 11.3. The van der Waals surface area contributed by atoms with Gasteiger partial charge >= 0.3 is 6.09 Å². The predicted octanol–water partition coefficient (Wildman–Crippen LogP) is 0.508. The van der Waals surface area contributed by atoms with Crippen LogP contribution in [0.2, 0.25) is 0 Å². The maximum atomic E-state index is 11.9. The van der Waals surface area contributed by atoms with E-state index in [1.54, 1.807) is 4.90 Å². The van der Waals surface area contributed by atoms with E-state index in [1.165, 1.54) is 0 Å². The van der Waals surface area contributed by atoms with Crippen LogP contribution in [0.3, 0.4) is 0 Å². The highest BCUT2D eigenvalue weighted by molar-refractivity contribution is 5.69. The van der Waals surface area contributed by atoms with Crippen LogP contribution in [0.1, 0.15) is 26.2 Å². The second kappa shape index (κ2) is 3.60. The number of hydrogen-bond donors (Lipinski definition) is 1. The van der Waals surface area contributed by atoms with E-state index in [4.69, 9.17) is 9.47 Å². The van der Waals surface area contributed by atoms with E-state index < -0.39 is 6.10 Å². The monoisotopic (exact) mass is 227 g/mol. The zero-order valence-electron chi connectivity index (χ0n) is 9.33. The number of hydrogen-bond acceptors (Lipinski definition) is 4.